The molecular formula is C16H22N2O2S. The summed E-state index contributed by atoms with van der Waals surface area (Å²) in [6.45, 7) is 7.91. The molecule has 1 aliphatic heterocycles. The number of nitrogens with two attached hydrogens (primary N) is 1. The molecule has 2 rings (SSSR count). The van der Waals surface area contributed by atoms with E-state index in [1.165, 1.54) is 0 Å². The molecule has 0 aromatic heterocycles. The maximum Gasteiger partial charge on any atom is 0.230 e. The third kappa shape index (κ3) is 3.09. The number of rotatable bonds is 3. The fraction of sp³-hybridized carbons (Fsp3) is 0.500. The molecule has 21 heavy (non-hydrogen) atoms. The Balaban J connectivity index is 2.25. The summed E-state index contributed by atoms with van der Waals surface area (Å²) in [6.07, 6.45) is -0.00333. The van der Waals surface area contributed by atoms with Crippen molar-refractivity contribution in [3.8, 4) is 0 Å². The van der Waals surface area contributed by atoms with Crippen LogP contribution < -0.4 is 11.1 Å². The van der Waals surface area contributed by atoms with Crippen LogP contribution in [0.5, 0.6) is 0 Å². The van der Waals surface area contributed by atoms with Gasteiger partial charge in [-0.3, -0.25) is 4.79 Å². The highest BCUT2D eigenvalue weighted by molar-refractivity contribution is 7.80. The molecule has 4 nitrogen and oxygen atoms in total. The summed E-state index contributed by atoms with van der Waals surface area (Å²) in [4.78, 5) is 12.9. The van der Waals surface area contributed by atoms with Crippen molar-refractivity contribution in [2.24, 2.45) is 17.6 Å². The Hall–Kier alpha value is -1.46. The van der Waals surface area contributed by atoms with Crippen LogP contribution in [0, 0.1) is 18.8 Å². The second kappa shape index (κ2) is 6.12. The molecule has 0 saturated carbocycles. The molecule has 0 radical (unpaired) electrons. The van der Waals surface area contributed by atoms with Gasteiger partial charge in [0.2, 0.25) is 5.91 Å². The SMILES string of the molecule is Cc1cccc(NC(=O)C2C(C)OC(C)C2C)c1C(N)=S. The Morgan fingerprint density at radius 3 is 2.48 bits per heavy atom. The number of thiocarbonyl (C=S) groups is 1. The van der Waals surface area contributed by atoms with Gasteiger partial charge in [0, 0.05) is 5.56 Å². The highest BCUT2D eigenvalue weighted by Gasteiger charge is 2.41. The summed E-state index contributed by atoms with van der Waals surface area (Å²) in [7, 11) is 0. The second-order valence-corrected chi connectivity index (χ2v) is 6.22. The number of carbonyl (C=O) groups excluding carboxylic acids is 1. The minimum Gasteiger partial charge on any atom is -0.389 e. The zero-order valence-electron chi connectivity index (χ0n) is 12.8. The van der Waals surface area contributed by atoms with E-state index >= 15 is 0 Å². The fourth-order valence-electron chi connectivity index (χ4n) is 3.03. The molecule has 1 amide bonds. The molecule has 1 saturated heterocycles. The molecule has 4 unspecified atom stereocenters. The van der Waals surface area contributed by atoms with Crippen molar-refractivity contribution in [2.75, 3.05) is 5.32 Å². The van der Waals surface area contributed by atoms with Crippen LogP contribution in [-0.4, -0.2) is 23.1 Å². The van der Waals surface area contributed by atoms with Gasteiger partial charge in [-0.2, -0.15) is 0 Å². The minimum atomic E-state index is -0.167. The molecule has 0 aliphatic carbocycles. The van der Waals surface area contributed by atoms with E-state index in [0.29, 0.717) is 10.7 Å². The summed E-state index contributed by atoms with van der Waals surface area (Å²) >= 11 is 5.09. The Kier molecular flexibility index (Phi) is 4.64. The van der Waals surface area contributed by atoms with Crippen molar-refractivity contribution >= 4 is 28.8 Å². The molecule has 0 spiro atoms. The molecule has 0 bridgehead atoms. The van der Waals surface area contributed by atoms with Gasteiger partial charge in [0.05, 0.1) is 23.8 Å². The molecule has 5 heteroatoms. The summed E-state index contributed by atoms with van der Waals surface area (Å²) in [5, 5.41) is 2.97. The molecule has 3 N–H and O–H groups in total. The molecular weight excluding hydrogens is 284 g/mol. The van der Waals surface area contributed by atoms with Crippen LogP contribution in [0.4, 0.5) is 5.69 Å². The van der Waals surface area contributed by atoms with Gasteiger partial charge in [0.25, 0.3) is 0 Å². The Morgan fingerprint density at radius 1 is 1.29 bits per heavy atom. The number of carbonyl (C=O) groups is 1. The number of hydrogen-bond donors (Lipinski definition) is 2. The van der Waals surface area contributed by atoms with Gasteiger partial charge in [0.1, 0.15) is 4.99 Å². The maximum atomic E-state index is 12.6. The zero-order chi connectivity index (χ0) is 15.7. The van der Waals surface area contributed by atoms with Gasteiger partial charge in [-0.25, -0.2) is 0 Å². The summed E-state index contributed by atoms with van der Waals surface area (Å²) < 4.78 is 5.73. The molecule has 114 valence electrons. The Bertz CT molecular complexity index is 573. The number of hydrogen-bond acceptors (Lipinski definition) is 3. The lowest BCUT2D eigenvalue weighted by Gasteiger charge is -2.19. The van der Waals surface area contributed by atoms with E-state index in [1.807, 2.05) is 45.9 Å². The lowest BCUT2D eigenvalue weighted by molar-refractivity contribution is -0.121. The molecule has 1 aromatic carbocycles. The lowest BCUT2D eigenvalue weighted by atomic mass is 9.88. The smallest absolute Gasteiger partial charge is 0.230 e. The van der Waals surface area contributed by atoms with E-state index in [4.69, 9.17) is 22.7 Å². The van der Waals surface area contributed by atoms with Crippen molar-refractivity contribution in [1.29, 1.82) is 0 Å². The summed E-state index contributed by atoms with van der Waals surface area (Å²) in [5.41, 5.74) is 8.14. The predicted octanol–water partition coefficient (Wildman–Crippen LogP) is 2.63. The van der Waals surface area contributed by atoms with Gasteiger partial charge >= 0.3 is 0 Å². The van der Waals surface area contributed by atoms with Crippen molar-refractivity contribution in [2.45, 2.75) is 39.9 Å². The van der Waals surface area contributed by atoms with Gasteiger partial charge in [-0.15, -0.1) is 0 Å². The monoisotopic (exact) mass is 306 g/mol. The summed E-state index contributed by atoms with van der Waals surface area (Å²) in [6, 6.07) is 5.64. The Labute approximate surface area is 131 Å². The summed E-state index contributed by atoms with van der Waals surface area (Å²) in [5.74, 6) is -0.0276. The van der Waals surface area contributed by atoms with Gasteiger partial charge in [-0.1, -0.05) is 31.3 Å². The highest BCUT2D eigenvalue weighted by Crippen LogP contribution is 2.33. The molecule has 1 aromatic rings. The topological polar surface area (TPSA) is 64.3 Å². The minimum absolute atomic E-state index is 0.0394. The van der Waals surface area contributed by atoms with Crippen LogP contribution in [0.15, 0.2) is 18.2 Å². The van der Waals surface area contributed by atoms with E-state index in [-0.39, 0.29) is 30.0 Å². The highest BCUT2D eigenvalue weighted by atomic mass is 32.1. The van der Waals surface area contributed by atoms with Crippen LogP contribution in [0.1, 0.15) is 31.9 Å². The third-order valence-electron chi connectivity index (χ3n) is 4.32. The number of nitrogens with one attached hydrogen (secondary N) is 1. The number of anilines is 1. The van der Waals surface area contributed by atoms with E-state index in [1.54, 1.807) is 0 Å². The quantitative estimate of drug-likeness (QED) is 0.843. The first-order chi connectivity index (χ1) is 9.82. The van der Waals surface area contributed by atoms with Crippen LogP contribution in [0.2, 0.25) is 0 Å². The van der Waals surface area contributed by atoms with E-state index in [0.717, 1.165) is 11.1 Å². The second-order valence-electron chi connectivity index (χ2n) is 5.78. The average molecular weight is 306 g/mol. The molecule has 1 fully saturated rings. The van der Waals surface area contributed by atoms with Crippen LogP contribution in [0.3, 0.4) is 0 Å². The third-order valence-corrected chi connectivity index (χ3v) is 4.53. The van der Waals surface area contributed by atoms with Crippen molar-refractivity contribution < 1.29 is 9.53 Å². The van der Waals surface area contributed by atoms with Crippen molar-refractivity contribution in [3.63, 3.8) is 0 Å². The first-order valence-electron chi connectivity index (χ1n) is 7.18. The fourth-order valence-corrected chi connectivity index (χ4v) is 3.30. The number of aryl methyl sites for hydroxylation is 1. The largest absolute Gasteiger partial charge is 0.389 e. The van der Waals surface area contributed by atoms with E-state index < -0.39 is 0 Å². The molecule has 4 atom stereocenters. The maximum absolute atomic E-state index is 12.6. The van der Waals surface area contributed by atoms with Crippen molar-refractivity contribution in [1.82, 2.24) is 0 Å². The lowest BCUT2D eigenvalue weighted by Crippen LogP contribution is -2.32. The van der Waals surface area contributed by atoms with Crippen molar-refractivity contribution in [3.05, 3.63) is 29.3 Å². The number of ether oxygens (including phenoxy) is 1. The standard InChI is InChI=1S/C16H22N2O2S/c1-8-6-5-7-12(13(8)15(17)21)18-16(19)14-9(2)10(3)20-11(14)4/h5-7,9-11,14H,1-4H3,(H2,17,21)(H,18,19). The van der Waals surface area contributed by atoms with Crippen LogP contribution >= 0.6 is 12.2 Å². The van der Waals surface area contributed by atoms with Gasteiger partial charge in [-0.05, 0) is 38.3 Å². The normalized spacial score (nSPS) is 28.4. The molecule has 1 heterocycles. The number of amides is 1. The zero-order valence-corrected chi connectivity index (χ0v) is 13.7. The first kappa shape index (κ1) is 15.9. The van der Waals surface area contributed by atoms with Gasteiger partial charge < -0.3 is 15.8 Å². The average Bonchev–Trinajstić information content (AvgIpc) is 2.62. The van der Waals surface area contributed by atoms with Crippen LogP contribution in [-0.2, 0) is 9.53 Å². The predicted molar refractivity (Wildman–Crippen MR) is 88.4 cm³/mol. The van der Waals surface area contributed by atoms with E-state index in [9.17, 15) is 4.79 Å². The number of benzene rings is 1. The first-order valence-corrected chi connectivity index (χ1v) is 7.59. The van der Waals surface area contributed by atoms with Gasteiger partial charge in [0.15, 0.2) is 0 Å². The van der Waals surface area contributed by atoms with E-state index in [2.05, 4.69) is 5.32 Å². The Morgan fingerprint density at radius 2 is 1.95 bits per heavy atom. The molecule has 1 aliphatic rings. The van der Waals surface area contributed by atoms with Crippen LogP contribution in [0.25, 0.3) is 0 Å².